The average molecular weight is 509 g/mol. The lowest BCUT2D eigenvalue weighted by atomic mass is 10.1. The van der Waals surface area contributed by atoms with E-state index in [1.54, 1.807) is 6.26 Å². The first-order valence-electron chi connectivity index (χ1n) is 9.86. The van der Waals surface area contributed by atoms with E-state index in [2.05, 4.69) is 16.0 Å². The molecule has 4 atom stereocenters. The van der Waals surface area contributed by atoms with E-state index in [9.17, 15) is 33.9 Å². The molecule has 10 N–H and O–H groups in total. The van der Waals surface area contributed by atoms with Crippen molar-refractivity contribution in [2.75, 3.05) is 24.0 Å². The van der Waals surface area contributed by atoms with E-state index in [4.69, 9.17) is 17.2 Å². The van der Waals surface area contributed by atoms with E-state index in [-0.39, 0.29) is 6.42 Å². The number of carboxylic acid groups (broad SMARTS) is 1. The number of carbonyl (C=O) groups is 6. The summed E-state index contributed by atoms with van der Waals surface area (Å²) in [5.41, 5.74) is 16.1. The van der Waals surface area contributed by atoms with Crippen LogP contribution in [0.4, 0.5) is 0 Å². The first kappa shape index (κ1) is 30.5. The molecule has 0 radical (unpaired) electrons. The molecule has 4 unspecified atom stereocenters. The number of nitrogens with two attached hydrogens (primary N) is 3. The van der Waals surface area contributed by atoms with Gasteiger partial charge < -0.3 is 38.3 Å². The number of nitrogens with one attached hydrogen (secondary N) is 3. The predicted molar refractivity (Wildman–Crippen MR) is 125 cm³/mol. The second-order valence-electron chi connectivity index (χ2n) is 7.03. The van der Waals surface area contributed by atoms with Gasteiger partial charge in [0.05, 0.1) is 18.9 Å². The fourth-order valence-electron chi connectivity index (χ4n) is 2.51. The molecule has 0 saturated carbocycles. The van der Waals surface area contributed by atoms with Crippen molar-refractivity contribution in [2.24, 2.45) is 17.2 Å². The summed E-state index contributed by atoms with van der Waals surface area (Å²) in [5.74, 6) is -4.78. The van der Waals surface area contributed by atoms with Crippen LogP contribution in [0.25, 0.3) is 0 Å². The molecule has 0 spiro atoms. The molecule has 0 aliphatic rings. The molecular formula is C18H32N6O7S2. The Morgan fingerprint density at radius 2 is 1.12 bits per heavy atom. The molecule has 0 aromatic rings. The molecule has 0 saturated heterocycles. The minimum absolute atomic E-state index is 0.105. The molecule has 0 fully saturated rings. The Balaban J connectivity index is 5.46. The van der Waals surface area contributed by atoms with Crippen molar-refractivity contribution < 1.29 is 33.9 Å². The van der Waals surface area contributed by atoms with Crippen molar-refractivity contribution in [3.8, 4) is 0 Å². The van der Waals surface area contributed by atoms with E-state index in [1.165, 1.54) is 23.5 Å². The van der Waals surface area contributed by atoms with Crippen LogP contribution in [0.15, 0.2) is 0 Å². The van der Waals surface area contributed by atoms with Crippen molar-refractivity contribution in [2.45, 2.75) is 49.9 Å². The molecule has 15 heteroatoms. The second-order valence-corrected chi connectivity index (χ2v) is 9.00. The van der Waals surface area contributed by atoms with E-state index in [0.29, 0.717) is 17.9 Å². The van der Waals surface area contributed by atoms with Crippen LogP contribution in [-0.2, 0) is 28.8 Å². The SMILES string of the molecule is CSCCC(N)C(=O)NC(CC(N)=O)C(=O)NC(CC(N)=O)C(=O)NC(CCSC)C(=O)O. The van der Waals surface area contributed by atoms with E-state index in [0.717, 1.165) is 0 Å². The zero-order valence-corrected chi connectivity index (χ0v) is 20.1. The molecule has 0 heterocycles. The first-order chi connectivity index (χ1) is 15.4. The molecular weight excluding hydrogens is 476 g/mol. The summed E-state index contributed by atoms with van der Waals surface area (Å²) >= 11 is 2.84. The Bertz CT molecular complexity index is 724. The van der Waals surface area contributed by atoms with Crippen LogP contribution in [0.3, 0.4) is 0 Å². The molecule has 0 aromatic carbocycles. The molecule has 13 nitrogen and oxygen atoms in total. The molecule has 188 valence electrons. The maximum Gasteiger partial charge on any atom is 0.326 e. The summed E-state index contributed by atoms with van der Waals surface area (Å²) in [6, 6.07) is -5.21. The fourth-order valence-corrected chi connectivity index (χ4v) is 3.47. The topological polar surface area (TPSA) is 237 Å². The van der Waals surface area contributed by atoms with Gasteiger partial charge in [-0.1, -0.05) is 0 Å². The van der Waals surface area contributed by atoms with Crippen molar-refractivity contribution in [1.82, 2.24) is 16.0 Å². The van der Waals surface area contributed by atoms with Gasteiger partial charge in [-0.25, -0.2) is 4.79 Å². The Morgan fingerprint density at radius 3 is 1.52 bits per heavy atom. The molecule has 0 rings (SSSR count). The van der Waals surface area contributed by atoms with Crippen molar-refractivity contribution in [3.63, 3.8) is 0 Å². The minimum atomic E-state index is -1.54. The lowest BCUT2D eigenvalue weighted by Crippen LogP contribution is -2.58. The zero-order valence-electron chi connectivity index (χ0n) is 18.5. The van der Waals surface area contributed by atoms with Crippen LogP contribution >= 0.6 is 23.5 Å². The second kappa shape index (κ2) is 16.1. The van der Waals surface area contributed by atoms with Crippen LogP contribution < -0.4 is 33.2 Å². The third-order valence-electron chi connectivity index (χ3n) is 4.27. The number of aliphatic carboxylic acids is 1. The molecule has 0 bridgehead atoms. The highest BCUT2D eigenvalue weighted by molar-refractivity contribution is 7.98. The van der Waals surface area contributed by atoms with E-state index >= 15 is 0 Å². The van der Waals surface area contributed by atoms with Crippen molar-refractivity contribution in [1.29, 1.82) is 0 Å². The molecule has 5 amide bonds. The number of amides is 5. The van der Waals surface area contributed by atoms with Crippen LogP contribution in [-0.4, -0.2) is 88.8 Å². The monoisotopic (exact) mass is 508 g/mol. The predicted octanol–water partition coefficient (Wildman–Crippen LogP) is -2.89. The summed E-state index contributed by atoms with van der Waals surface area (Å²) in [5, 5.41) is 16.1. The molecule has 0 aliphatic heterocycles. The number of rotatable bonds is 17. The summed E-state index contributed by atoms with van der Waals surface area (Å²) in [6.07, 6.45) is 2.77. The van der Waals surface area contributed by atoms with E-state index in [1.807, 2.05) is 6.26 Å². The fraction of sp³-hybridized carbons (Fsp3) is 0.667. The Kier molecular flexibility index (Phi) is 14.9. The Hall–Kier alpha value is -2.52. The highest BCUT2D eigenvalue weighted by Crippen LogP contribution is 2.04. The van der Waals surface area contributed by atoms with Crippen LogP contribution in [0, 0.1) is 0 Å². The lowest BCUT2D eigenvalue weighted by molar-refractivity contribution is -0.142. The van der Waals surface area contributed by atoms with Gasteiger partial charge >= 0.3 is 5.97 Å². The largest absolute Gasteiger partial charge is 0.480 e. The highest BCUT2D eigenvalue weighted by Gasteiger charge is 2.31. The van der Waals surface area contributed by atoms with Gasteiger partial charge in [0.25, 0.3) is 0 Å². The summed E-state index contributed by atoms with van der Waals surface area (Å²) in [4.78, 5) is 71.7. The summed E-state index contributed by atoms with van der Waals surface area (Å²) in [6.45, 7) is 0. The number of carbonyl (C=O) groups excluding carboxylic acids is 5. The lowest BCUT2D eigenvalue weighted by Gasteiger charge is -2.24. The number of primary amides is 2. The third kappa shape index (κ3) is 12.9. The normalized spacial score (nSPS) is 14.3. The van der Waals surface area contributed by atoms with Gasteiger partial charge in [0.15, 0.2) is 0 Å². The minimum Gasteiger partial charge on any atom is -0.480 e. The molecule has 0 aliphatic carbocycles. The quantitative estimate of drug-likeness (QED) is 0.106. The van der Waals surface area contributed by atoms with Crippen molar-refractivity contribution in [3.05, 3.63) is 0 Å². The highest BCUT2D eigenvalue weighted by atomic mass is 32.2. The average Bonchev–Trinajstić information content (AvgIpc) is 2.72. The maximum absolute atomic E-state index is 12.7. The maximum atomic E-state index is 12.7. The Labute approximate surface area is 200 Å². The van der Waals surface area contributed by atoms with Crippen LogP contribution in [0.1, 0.15) is 25.7 Å². The standard InChI is InChI=1S/C18H32N6O7S2/c1-32-5-3-9(19)15(27)23-11(7-13(20)25)17(29)24-12(8-14(21)26)16(28)22-10(18(30)31)4-6-33-2/h9-12H,3-8,19H2,1-2H3,(H2,20,25)(H2,21,26)(H,22,28)(H,23,27)(H,24,29)(H,30,31). The molecule has 0 aromatic heterocycles. The summed E-state index contributed by atoms with van der Waals surface area (Å²) in [7, 11) is 0. The van der Waals surface area contributed by atoms with Gasteiger partial charge in [-0.3, -0.25) is 24.0 Å². The smallest absolute Gasteiger partial charge is 0.326 e. The number of carboxylic acids is 1. The van der Waals surface area contributed by atoms with Gasteiger partial charge in [-0.15, -0.1) is 0 Å². The van der Waals surface area contributed by atoms with Crippen LogP contribution in [0.5, 0.6) is 0 Å². The van der Waals surface area contributed by atoms with Gasteiger partial charge in [-0.05, 0) is 36.9 Å². The van der Waals surface area contributed by atoms with Crippen LogP contribution in [0.2, 0.25) is 0 Å². The summed E-state index contributed by atoms with van der Waals surface area (Å²) < 4.78 is 0. The zero-order chi connectivity index (χ0) is 25.6. The Morgan fingerprint density at radius 1 is 0.727 bits per heavy atom. The van der Waals surface area contributed by atoms with E-state index < -0.39 is 72.5 Å². The van der Waals surface area contributed by atoms with Gasteiger partial charge in [-0.2, -0.15) is 23.5 Å². The van der Waals surface area contributed by atoms with Gasteiger partial charge in [0.1, 0.15) is 18.1 Å². The van der Waals surface area contributed by atoms with Crippen molar-refractivity contribution >= 4 is 59.0 Å². The first-order valence-corrected chi connectivity index (χ1v) is 12.7. The molecule has 33 heavy (non-hydrogen) atoms. The van der Waals surface area contributed by atoms with Gasteiger partial charge in [0.2, 0.25) is 29.5 Å². The number of hydrogen-bond acceptors (Lipinski definition) is 9. The third-order valence-corrected chi connectivity index (χ3v) is 5.56. The number of hydrogen-bond donors (Lipinski definition) is 7. The van der Waals surface area contributed by atoms with Gasteiger partial charge in [0, 0.05) is 0 Å². The number of thioether (sulfide) groups is 2.